The van der Waals surface area contributed by atoms with E-state index in [0.717, 1.165) is 19.5 Å². The largest absolute Gasteiger partial charge is 0.486 e. The summed E-state index contributed by atoms with van der Waals surface area (Å²) < 4.78 is 25.1. The Labute approximate surface area is 124 Å². The topological polar surface area (TPSA) is 30.5 Å². The van der Waals surface area contributed by atoms with E-state index < -0.39 is 5.82 Å². The van der Waals surface area contributed by atoms with Gasteiger partial charge in [-0.3, -0.25) is 0 Å². The van der Waals surface area contributed by atoms with Crippen molar-refractivity contribution in [1.82, 2.24) is 5.32 Å². The normalized spacial score (nSPS) is 20.4. The highest BCUT2D eigenvalue weighted by Gasteiger charge is 2.28. The van der Waals surface area contributed by atoms with Crippen LogP contribution < -0.4 is 10.1 Å². The summed E-state index contributed by atoms with van der Waals surface area (Å²) in [5, 5.41) is 3.34. The van der Waals surface area contributed by atoms with E-state index in [1.54, 1.807) is 12.1 Å². The number of hydrogen-bond acceptors (Lipinski definition) is 3. The SMILES string of the molecule is CC(C)OCC(Oc1cccc(F)c1Cl)C1CCNC1. The smallest absolute Gasteiger partial charge is 0.145 e. The molecule has 0 aliphatic carbocycles. The predicted octanol–water partition coefficient (Wildman–Crippen LogP) is 3.26. The number of nitrogens with one attached hydrogen (secondary N) is 1. The van der Waals surface area contributed by atoms with Gasteiger partial charge in [0.1, 0.15) is 22.7 Å². The van der Waals surface area contributed by atoms with E-state index in [-0.39, 0.29) is 17.2 Å². The third-order valence-corrected chi connectivity index (χ3v) is 3.78. The van der Waals surface area contributed by atoms with Gasteiger partial charge in [-0.1, -0.05) is 17.7 Å². The van der Waals surface area contributed by atoms with Crippen LogP contribution >= 0.6 is 11.6 Å². The number of benzene rings is 1. The number of rotatable bonds is 6. The van der Waals surface area contributed by atoms with Gasteiger partial charge in [-0.2, -0.15) is 0 Å². The van der Waals surface area contributed by atoms with Crippen LogP contribution in [0.2, 0.25) is 5.02 Å². The zero-order valence-corrected chi connectivity index (χ0v) is 12.6. The molecule has 2 rings (SSSR count). The molecule has 1 aliphatic heterocycles. The van der Waals surface area contributed by atoms with Gasteiger partial charge in [0, 0.05) is 12.5 Å². The summed E-state index contributed by atoms with van der Waals surface area (Å²) in [5.74, 6) is 0.279. The fourth-order valence-electron chi connectivity index (χ4n) is 2.29. The van der Waals surface area contributed by atoms with Gasteiger partial charge in [-0.05, 0) is 38.9 Å². The highest BCUT2D eigenvalue weighted by atomic mass is 35.5. The lowest BCUT2D eigenvalue weighted by atomic mass is 10.0. The van der Waals surface area contributed by atoms with Gasteiger partial charge in [0.25, 0.3) is 0 Å². The Hall–Kier alpha value is -0.840. The number of ether oxygens (including phenoxy) is 2. The van der Waals surface area contributed by atoms with Crippen molar-refractivity contribution in [3.63, 3.8) is 0 Å². The van der Waals surface area contributed by atoms with E-state index in [1.165, 1.54) is 6.07 Å². The summed E-state index contributed by atoms with van der Waals surface area (Å²) in [6.07, 6.45) is 1.05. The molecule has 1 aromatic carbocycles. The molecule has 1 aliphatic rings. The second-order valence-electron chi connectivity index (χ2n) is 5.34. The van der Waals surface area contributed by atoms with E-state index in [2.05, 4.69) is 5.32 Å². The average molecular weight is 302 g/mol. The first-order valence-corrected chi connectivity index (χ1v) is 7.38. The summed E-state index contributed by atoms with van der Waals surface area (Å²) >= 11 is 5.95. The van der Waals surface area contributed by atoms with Crippen molar-refractivity contribution in [3.05, 3.63) is 29.0 Å². The van der Waals surface area contributed by atoms with Crippen LogP contribution in [0, 0.1) is 11.7 Å². The Morgan fingerprint density at radius 3 is 2.90 bits per heavy atom. The molecule has 20 heavy (non-hydrogen) atoms. The molecule has 1 N–H and O–H groups in total. The minimum atomic E-state index is -0.461. The minimum absolute atomic E-state index is 0.0352. The van der Waals surface area contributed by atoms with Crippen molar-refractivity contribution in [3.8, 4) is 5.75 Å². The molecule has 1 fully saturated rings. The second kappa shape index (κ2) is 7.25. The number of halogens is 2. The van der Waals surface area contributed by atoms with Crippen LogP contribution in [-0.4, -0.2) is 31.9 Å². The fourth-order valence-corrected chi connectivity index (χ4v) is 2.46. The molecule has 0 amide bonds. The van der Waals surface area contributed by atoms with E-state index >= 15 is 0 Å². The predicted molar refractivity (Wildman–Crippen MR) is 77.9 cm³/mol. The Kier molecular flexibility index (Phi) is 5.64. The summed E-state index contributed by atoms with van der Waals surface area (Å²) in [6.45, 7) is 6.32. The molecule has 1 saturated heterocycles. The van der Waals surface area contributed by atoms with Crippen LogP contribution in [-0.2, 0) is 4.74 Å². The van der Waals surface area contributed by atoms with Crippen LogP contribution in [0.15, 0.2) is 18.2 Å². The molecule has 0 aromatic heterocycles. The van der Waals surface area contributed by atoms with Crippen molar-refractivity contribution in [2.24, 2.45) is 5.92 Å². The molecule has 1 aromatic rings. The van der Waals surface area contributed by atoms with Crippen LogP contribution in [0.3, 0.4) is 0 Å². The molecule has 0 bridgehead atoms. The van der Waals surface area contributed by atoms with E-state index in [1.807, 2.05) is 13.8 Å². The summed E-state index contributed by atoms with van der Waals surface area (Å²) in [4.78, 5) is 0. The summed E-state index contributed by atoms with van der Waals surface area (Å²) in [6, 6.07) is 4.62. The summed E-state index contributed by atoms with van der Waals surface area (Å²) in [7, 11) is 0. The zero-order valence-electron chi connectivity index (χ0n) is 11.9. The lowest BCUT2D eigenvalue weighted by molar-refractivity contribution is -0.00373. The molecular formula is C15H21ClFNO2. The molecule has 112 valence electrons. The van der Waals surface area contributed by atoms with Crippen molar-refractivity contribution in [1.29, 1.82) is 0 Å². The average Bonchev–Trinajstić information content (AvgIpc) is 2.93. The van der Waals surface area contributed by atoms with Gasteiger partial charge in [0.2, 0.25) is 0 Å². The van der Waals surface area contributed by atoms with Crippen molar-refractivity contribution in [2.45, 2.75) is 32.5 Å². The molecule has 0 radical (unpaired) electrons. The monoisotopic (exact) mass is 301 g/mol. The quantitative estimate of drug-likeness (QED) is 0.875. The molecule has 3 nitrogen and oxygen atoms in total. The molecule has 5 heteroatoms. The molecule has 0 spiro atoms. The molecule has 2 unspecified atom stereocenters. The molecule has 0 saturated carbocycles. The first kappa shape index (κ1) is 15.5. The Morgan fingerprint density at radius 1 is 1.45 bits per heavy atom. The highest BCUT2D eigenvalue weighted by Crippen LogP contribution is 2.29. The third kappa shape index (κ3) is 4.08. The van der Waals surface area contributed by atoms with Crippen LogP contribution in [0.4, 0.5) is 4.39 Å². The van der Waals surface area contributed by atoms with E-state index in [4.69, 9.17) is 21.1 Å². The fraction of sp³-hybridized carbons (Fsp3) is 0.600. The van der Waals surface area contributed by atoms with Crippen molar-refractivity contribution >= 4 is 11.6 Å². The molecule has 1 heterocycles. The maximum atomic E-state index is 13.5. The zero-order chi connectivity index (χ0) is 14.5. The maximum Gasteiger partial charge on any atom is 0.145 e. The Balaban J connectivity index is 2.07. The lowest BCUT2D eigenvalue weighted by Crippen LogP contribution is -2.34. The Morgan fingerprint density at radius 2 is 2.25 bits per heavy atom. The van der Waals surface area contributed by atoms with Crippen molar-refractivity contribution in [2.75, 3.05) is 19.7 Å². The first-order chi connectivity index (χ1) is 9.58. The number of hydrogen-bond donors (Lipinski definition) is 1. The van der Waals surface area contributed by atoms with E-state index in [0.29, 0.717) is 18.3 Å². The van der Waals surface area contributed by atoms with Crippen molar-refractivity contribution < 1.29 is 13.9 Å². The second-order valence-corrected chi connectivity index (χ2v) is 5.72. The van der Waals surface area contributed by atoms with Crippen LogP contribution in [0.25, 0.3) is 0 Å². The van der Waals surface area contributed by atoms with E-state index in [9.17, 15) is 4.39 Å². The highest BCUT2D eigenvalue weighted by molar-refractivity contribution is 6.32. The maximum absolute atomic E-state index is 13.5. The van der Waals surface area contributed by atoms with Gasteiger partial charge >= 0.3 is 0 Å². The van der Waals surface area contributed by atoms with Gasteiger partial charge in [0.15, 0.2) is 0 Å². The lowest BCUT2D eigenvalue weighted by Gasteiger charge is -2.25. The van der Waals surface area contributed by atoms with Crippen LogP contribution in [0.1, 0.15) is 20.3 Å². The van der Waals surface area contributed by atoms with Gasteiger partial charge in [-0.25, -0.2) is 4.39 Å². The van der Waals surface area contributed by atoms with Gasteiger partial charge in [0.05, 0.1) is 12.7 Å². The van der Waals surface area contributed by atoms with Crippen LogP contribution in [0.5, 0.6) is 5.75 Å². The first-order valence-electron chi connectivity index (χ1n) is 7.01. The van der Waals surface area contributed by atoms with Gasteiger partial charge < -0.3 is 14.8 Å². The standard InChI is InChI=1S/C15H21ClFNO2/c1-10(2)19-9-14(11-6-7-18-8-11)20-13-5-3-4-12(17)15(13)16/h3-5,10-11,14,18H,6-9H2,1-2H3. The Bertz CT molecular complexity index is 436. The summed E-state index contributed by atoms with van der Waals surface area (Å²) in [5.41, 5.74) is 0. The minimum Gasteiger partial charge on any atom is -0.486 e. The third-order valence-electron chi connectivity index (χ3n) is 3.41. The molecule has 2 atom stereocenters. The molecular weight excluding hydrogens is 281 g/mol. The van der Waals surface area contributed by atoms with Gasteiger partial charge in [-0.15, -0.1) is 0 Å².